The molecule has 29 heavy (non-hydrogen) atoms. The van der Waals surface area contributed by atoms with Gasteiger partial charge in [0.15, 0.2) is 5.03 Å². The number of piperidine rings is 1. The normalized spacial score (nSPS) is 16.5. The number of quaternary nitrogens is 1. The fourth-order valence-corrected chi connectivity index (χ4v) is 3.91. The van der Waals surface area contributed by atoms with E-state index < -0.39 is 11.2 Å². The second kappa shape index (κ2) is 9.66. The van der Waals surface area contributed by atoms with E-state index in [4.69, 9.17) is 0 Å². The van der Waals surface area contributed by atoms with Crippen molar-refractivity contribution in [2.45, 2.75) is 24.4 Å². The van der Waals surface area contributed by atoms with Gasteiger partial charge in [-0.3, -0.25) is 14.2 Å². The molecule has 1 aromatic carbocycles. The molecule has 0 radical (unpaired) electrons. The molecule has 154 valence electrons. The molecule has 9 nitrogen and oxygen atoms in total. The molecular formula is C19H25N6O3S+. The molecule has 0 aliphatic carbocycles. The first-order chi connectivity index (χ1) is 13.9. The van der Waals surface area contributed by atoms with Crippen LogP contribution in [0.1, 0.15) is 18.4 Å². The molecule has 1 aliphatic heterocycles. The molecule has 2 heterocycles. The number of rotatable bonds is 6. The van der Waals surface area contributed by atoms with Crippen molar-refractivity contribution in [3.05, 3.63) is 56.7 Å². The van der Waals surface area contributed by atoms with Crippen molar-refractivity contribution in [1.29, 1.82) is 0 Å². The molecule has 0 saturated carbocycles. The van der Waals surface area contributed by atoms with Crippen LogP contribution in [0.15, 0.2) is 50.0 Å². The Morgan fingerprint density at radius 1 is 1.21 bits per heavy atom. The van der Waals surface area contributed by atoms with Gasteiger partial charge in [-0.1, -0.05) is 42.1 Å². The molecule has 0 unspecified atom stereocenters. The van der Waals surface area contributed by atoms with Gasteiger partial charge >= 0.3 is 5.69 Å². The minimum Gasteiger partial charge on any atom is -0.331 e. The van der Waals surface area contributed by atoms with Crippen LogP contribution in [0.2, 0.25) is 0 Å². The number of amides is 1. The number of nitrogens with one attached hydrogen (secondary N) is 2. The highest BCUT2D eigenvalue weighted by Crippen LogP contribution is 2.08. The topological polar surface area (TPSA) is 103 Å². The van der Waals surface area contributed by atoms with Gasteiger partial charge in [-0.25, -0.2) is 14.9 Å². The number of carbonyl (C=O) groups excluding carboxylic acids is 1. The highest BCUT2D eigenvalue weighted by atomic mass is 32.2. The molecule has 10 heteroatoms. The number of carbonyl (C=O) groups is 1. The van der Waals surface area contributed by atoms with Gasteiger partial charge in [0, 0.05) is 38.2 Å². The quantitative estimate of drug-likeness (QED) is 0.460. The summed E-state index contributed by atoms with van der Waals surface area (Å²) in [6.07, 6.45) is 1.69. The van der Waals surface area contributed by atoms with Gasteiger partial charge in [0.2, 0.25) is 5.91 Å². The van der Waals surface area contributed by atoms with Crippen LogP contribution in [0.5, 0.6) is 0 Å². The predicted octanol–water partition coefficient (Wildman–Crippen LogP) is -1.08. The Kier molecular flexibility index (Phi) is 6.99. The maximum absolute atomic E-state index is 12.1. The van der Waals surface area contributed by atoms with Gasteiger partial charge < -0.3 is 4.90 Å². The summed E-state index contributed by atoms with van der Waals surface area (Å²) in [5.74, 6) is -0.304. The van der Waals surface area contributed by atoms with Gasteiger partial charge in [-0.15, -0.1) is 0 Å². The summed E-state index contributed by atoms with van der Waals surface area (Å²) in [6.45, 7) is 2.96. The SMILES string of the molecule is Cn1nc(SCC(=O)NN=C2CC[NH+](Cc3ccccc3)CC2)c(=O)n(C)c1=O. The molecule has 1 aliphatic rings. The van der Waals surface area contributed by atoms with Crippen molar-refractivity contribution in [2.24, 2.45) is 19.2 Å². The van der Waals surface area contributed by atoms with E-state index in [-0.39, 0.29) is 16.7 Å². The van der Waals surface area contributed by atoms with Crippen LogP contribution in [-0.2, 0) is 25.4 Å². The number of aryl methyl sites for hydroxylation is 1. The summed E-state index contributed by atoms with van der Waals surface area (Å²) >= 11 is 0.991. The number of likely N-dealkylation sites (tertiary alicyclic amines) is 1. The van der Waals surface area contributed by atoms with E-state index in [0.29, 0.717) is 0 Å². The molecule has 1 aromatic heterocycles. The molecule has 3 rings (SSSR count). The summed E-state index contributed by atoms with van der Waals surface area (Å²) in [4.78, 5) is 37.2. The Labute approximate surface area is 172 Å². The minimum absolute atomic E-state index is 0.00259. The maximum Gasteiger partial charge on any atom is 0.346 e. The lowest BCUT2D eigenvalue weighted by Crippen LogP contribution is -3.11. The third-order valence-corrected chi connectivity index (χ3v) is 5.74. The Balaban J connectivity index is 1.46. The molecule has 0 bridgehead atoms. The van der Waals surface area contributed by atoms with Crippen molar-refractivity contribution in [1.82, 2.24) is 19.8 Å². The zero-order valence-corrected chi connectivity index (χ0v) is 17.4. The van der Waals surface area contributed by atoms with E-state index in [0.717, 1.165) is 59.2 Å². The minimum atomic E-state index is -0.508. The highest BCUT2D eigenvalue weighted by Gasteiger charge is 2.19. The van der Waals surface area contributed by atoms with E-state index >= 15 is 0 Å². The largest absolute Gasteiger partial charge is 0.346 e. The lowest BCUT2D eigenvalue weighted by atomic mass is 10.1. The molecule has 1 saturated heterocycles. The van der Waals surface area contributed by atoms with Crippen LogP contribution >= 0.6 is 11.8 Å². The molecule has 2 aromatic rings. The van der Waals surface area contributed by atoms with Crippen molar-refractivity contribution in [2.75, 3.05) is 18.8 Å². The predicted molar refractivity (Wildman–Crippen MR) is 111 cm³/mol. The monoisotopic (exact) mass is 417 g/mol. The Morgan fingerprint density at radius 2 is 1.90 bits per heavy atom. The molecule has 0 atom stereocenters. The van der Waals surface area contributed by atoms with Crippen LogP contribution in [0, 0.1) is 0 Å². The maximum atomic E-state index is 12.1. The van der Waals surface area contributed by atoms with Crippen molar-refractivity contribution >= 4 is 23.4 Å². The van der Waals surface area contributed by atoms with Crippen LogP contribution in [-0.4, -0.2) is 44.8 Å². The number of thioether (sulfide) groups is 1. The number of nitrogens with zero attached hydrogens (tertiary/aromatic N) is 4. The molecule has 2 N–H and O–H groups in total. The number of hydrogen-bond donors (Lipinski definition) is 2. The van der Waals surface area contributed by atoms with Crippen LogP contribution < -0.4 is 21.6 Å². The second-order valence-electron chi connectivity index (χ2n) is 6.99. The Bertz CT molecular complexity index is 1000. The van der Waals surface area contributed by atoms with E-state index in [9.17, 15) is 14.4 Å². The van der Waals surface area contributed by atoms with Gasteiger partial charge in [-0.2, -0.15) is 10.2 Å². The Hall–Kier alpha value is -2.72. The van der Waals surface area contributed by atoms with E-state index in [1.54, 1.807) is 0 Å². The zero-order valence-electron chi connectivity index (χ0n) is 16.6. The number of aromatic nitrogens is 3. The van der Waals surface area contributed by atoms with Crippen LogP contribution in [0.3, 0.4) is 0 Å². The average molecular weight is 418 g/mol. The first-order valence-electron chi connectivity index (χ1n) is 9.43. The fraction of sp³-hybridized carbons (Fsp3) is 0.421. The highest BCUT2D eigenvalue weighted by molar-refractivity contribution is 7.99. The molecule has 1 fully saturated rings. The van der Waals surface area contributed by atoms with Gasteiger partial charge in [-0.05, 0) is 0 Å². The van der Waals surface area contributed by atoms with Gasteiger partial charge in [0.25, 0.3) is 5.56 Å². The average Bonchev–Trinajstić information content (AvgIpc) is 2.74. The van der Waals surface area contributed by atoms with Gasteiger partial charge in [0.1, 0.15) is 6.54 Å². The van der Waals surface area contributed by atoms with Crippen LogP contribution in [0.4, 0.5) is 0 Å². The van der Waals surface area contributed by atoms with E-state index in [1.807, 2.05) is 6.07 Å². The smallest absolute Gasteiger partial charge is 0.331 e. The summed E-state index contributed by atoms with van der Waals surface area (Å²) in [7, 11) is 2.85. The van der Waals surface area contributed by atoms with Crippen LogP contribution in [0.25, 0.3) is 0 Å². The van der Waals surface area contributed by atoms with Crippen molar-refractivity contribution in [3.63, 3.8) is 0 Å². The first kappa shape index (κ1) is 21.0. The second-order valence-corrected chi connectivity index (χ2v) is 7.95. The fourth-order valence-electron chi connectivity index (χ4n) is 3.13. The van der Waals surface area contributed by atoms with E-state index in [2.05, 4.69) is 39.9 Å². The number of hydrogen-bond acceptors (Lipinski definition) is 6. The van der Waals surface area contributed by atoms with Gasteiger partial charge in [0.05, 0.1) is 18.8 Å². The lowest BCUT2D eigenvalue weighted by Gasteiger charge is -2.24. The molecule has 0 spiro atoms. The molecule has 1 amide bonds. The summed E-state index contributed by atoms with van der Waals surface area (Å²) in [5.41, 5.74) is 3.86. The first-order valence-corrected chi connectivity index (χ1v) is 10.4. The Morgan fingerprint density at radius 3 is 2.59 bits per heavy atom. The molecular weight excluding hydrogens is 392 g/mol. The summed E-state index contributed by atoms with van der Waals surface area (Å²) in [5, 5.41) is 8.26. The van der Waals surface area contributed by atoms with Crippen molar-refractivity contribution < 1.29 is 9.69 Å². The van der Waals surface area contributed by atoms with E-state index in [1.165, 1.54) is 24.6 Å². The summed E-state index contributed by atoms with van der Waals surface area (Å²) in [6, 6.07) is 10.4. The standard InChI is InChI=1S/C19H24N6O3S/c1-23-18(27)17(22-24(2)19(23)28)29-13-16(26)21-20-15-8-10-25(11-9-15)12-14-6-4-3-5-7-14/h3-7H,8-13H2,1-2H3,(H,21,26)/p+1. The third kappa shape index (κ3) is 5.64. The number of benzene rings is 1. The zero-order chi connectivity index (χ0) is 20.8. The third-order valence-electron chi connectivity index (χ3n) is 4.80. The lowest BCUT2D eigenvalue weighted by molar-refractivity contribution is -0.914. The van der Waals surface area contributed by atoms with Crippen molar-refractivity contribution in [3.8, 4) is 0 Å². The number of hydrazone groups is 1. The summed E-state index contributed by atoms with van der Waals surface area (Å²) < 4.78 is 2.05.